The van der Waals surface area contributed by atoms with E-state index in [9.17, 15) is 18.4 Å². The fourth-order valence-electron chi connectivity index (χ4n) is 2.21. The lowest BCUT2D eigenvalue weighted by atomic mass is 10.2. The summed E-state index contributed by atoms with van der Waals surface area (Å²) in [5.41, 5.74) is 0.176. The number of hydrogen-bond donors (Lipinski definition) is 0. The van der Waals surface area contributed by atoms with Crippen LogP contribution in [-0.2, 0) is 4.79 Å². The summed E-state index contributed by atoms with van der Waals surface area (Å²) in [5.74, 6) is -3.20. The summed E-state index contributed by atoms with van der Waals surface area (Å²) in [5, 5.41) is 0. The van der Waals surface area contributed by atoms with Gasteiger partial charge >= 0.3 is 11.9 Å². The maximum absolute atomic E-state index is 13.1. The monoisotopic (exact) mass is 374 g/mol. The number of benzene rings is 2. The Balaban J connectivity index is 1.89. The van der Waals surface area contributed by atoms with E-state index in [4.69, 9.17) is 9.47 Å². The summed E-state index contributed by atoms with van der Waals surface area (Å²) in [6.07, 6.45) is 7.21. The van der Waals surface area contributed by atoms with Crippen LogP contribution >= 0.6 is 0 Å². The molecule has 0 fully saturated rings. The number of carbonyl (C=O) groups is 2. The van der Waals surface area contributed by atoms with Crippen LogP contribution in [0, 0.1) is 11.6 Å². The third-order valence-electron chi connectivity index (χ3n) is 3.64. The molecule has 0 aliphatic carbocycles. The Morgan fingerprint density at radius 2 is 1.63 bits per heavy atom. The van der Waals surface area contributed by atoms with Crippen LogP contribution in [0.4, 0.5) is 8.78 Å². The van der Waals surface area contributed by atoms with E-state index < -0.39 is 23.6 Å². The Hall–Kier alpha value is -3.02. The molecular formula is C21H20F2O4. The maximum Gasteiger partial charge on any atom is 0.343 e. The van der Waals surface area contributed by atoms with Gasteiger partial charge in [-0.2, -0.15) is 0 Å². The first-order valence-corrected chi connectivity index (χ1v) is 8.65. The van der Waals surface area contributed by atoms with Crippen molar-refractivity contribution < 1.29 is 27.8 Å². The molecular weight excluding hydrogens is 354 g/mol. The zero-order valence-electron chi connectivity index (χ0n) is 14.9. The van der Waals surface area contributed by atoms with Gasteiger partial charge in [-0.15, -0.1) is 0 Å². The highest BCUT2D eigenvalue weighted by Gasteiger charge is 2.11. The standard InChI is InChI=1S/C21H20F2O4/c1-2-3-4-5-6-7-20(24)26-16-10-8-15(9-11-16)21(25)27-17-12-13-18(22)19(23)14-17/h6-14H,2-5H2,1H3/b7-6+. The number of unbranched alkanes of at least 4 members (excludes halogenated alkanes) is 3. The van der Waals surface area contributed by atoms with E-state index in [0.29, 0.717) is 0 Å². The fraction of sp³-hybridized carbons (Fsp3) is 0.238. The molecule has 0 amide bonds. The van der Waals surface area contributed by atoms with Crippen molar-refractivity contribution in [1.82, 2.24) is 0 Å². The topological polar surface area (TPSA) is 52.6 Å². The van der Waals surface area contributed by atoms with E-state index >= 15 is 0 Å². The number of hydrogen-bond acceptors (Lipinski definition) is 4. The molecule has 2 aromatic rings. The lowest BCUT2D eigenvalue weighted by molar-refractivity contribution is -0.129. The molecule has 0 bridgehead atoms. The molecule has 0 atom stereocenters. The smallest absolute Gasteiger partial charge is 0.343 e. The van der Waals surface area contributed by atoms with Crippen molar-refractivity contribution in [2.45, 2.75) is 32.6 Å². The van der Waals surface area contributed by atoms with E-state index in [1.165, 1.54) is 30.3 Å². The van der Waals surface area contributed by atoms with Crippen molar-refractivity contribution in [3.05, 3.63) is 71.8 Å². The summed E-state index contributed by atoms with van der Waals surface area (Å²) in [6, 6.07) is 8.53. The first kappa shape index (κ1) is 20.3. The summed E-state index contributed by atoms with van der Waals surface area (Å²) >= 11 is 0. The summed E-state index contributed by atoms with van der Waals surface area (Å²) < 4.78 is 36.1. The largest absolute Gasteiger partial charge is 0.423 e. The molecule has 2 aromatic carbocycles. The predicted octanol–water partition coefficient (Wildman–Crippen LogP) is 5.23. The molecule has 2 rings (SSSR count). The molecule has 0 radical (unpaired) electrons. The molecule has 0 N–H and O–H groups in total. The molecule has 142 valence electrons. The predicted molar refractivity (Wildman–Crippen MR) is 96.7 cm³/mol. The zero-order chi connectivity index (χ0) is 19.6. The van der Waals surface area contributed by atoms with Gasteiger partial charge in [-0.05, 0) is 49.2 Å². The highest BCUT2D eigenvalue weighted by Crippen LogP contribution is 2.18. The number of rotatable bonds is 8. The number of ether oxygens (including phenoxy) is 2. The minimum Gasteiger partial charge on any atom is -0.423 e. The quantitative estimate of drug-likeness (QED) is 0.275. The molecule has 27 heavy (non-hydrogen) atoms. The molecule has 6 heteroatoms. The SMILES string of the molecule is CCCCC/C=C/C(=O)Oc1ccc(C(=O)Oc2ccc(F)c(F)c2)cc1. The van der Waals surface area contributed by atoms with Crippen molar-refractivity contribution >= 4 is 11.9 Å². The second-order valence-corrected chi connectivity index (χ2v) is 5.81. The second kappa shape index (κ2) is 10.2. The van der Waals surface area contributed by atoms with Crippen LogP contribution in [-0.4, -0.2) is 11.9 Å². The van der Waals surface area contributed by atoms with E-state index in [2.05, 4.69) is 6.92 Å². The summed E-state index contributed by atoms with van der Waals surface area (Å²) in [7, 11) is 0. The van der Waals surface area contributed by atoms with E-state index in [-0.39, 0.29) is 17.1 Å². The van der Waals surface area contributed by atoms with Crippen LogP contribution in [0.1, 0.15) is 43.0 Å². The minimum absolute atomic E-state index is 0.109. The van der Waals surface area contributed by atoms with Gasteiger partial charge < -0.3 is 9.47 Å². The molecule has 0 aliphatic heterocycles. The van der Waals surface area contributed by atoms with Gasteiger partial charge in [0, 0.05) is 12.1 Å². The van der Waals surface area contributed by atoms with Gasteiger partial charge in [0.2, 0.25) is 0 Å². The Bertz CT molecular complexity index is 813. The Labute approximate surface area is 156 Å². The Kier molecular flexibility index (Phi) is 7.67. The van der Waals surface area contributed by atoms with E-state index in [1.807, 2.05) is 0 Å². The molecule has 4 nitrogen and oxygen atoms in total. The third kappa shape index (κ3) is 6.66. The van der Waals surface area contributed by atoms with E-state index in [1.54, 1.807) is 6.08 Å². The number of halogens is 2. The zero-order valence-corrected chi connectivity index (χ0v) is 14.9. The van der Waals surface area contributed by atoms with Crippen LogP contribution in [0.5, 0.6) is 11.5 Å². The van der Waals surface area contributed by atoms with Gasteiger partial charge in [-0.3, -0.25) is 0 Å². The fourth-order valence-corrected chi connectivity index (χ4v) is 2.21. The third-order valence-corrected chi connectivity index (χ3v) is 3.64. The average molecular weight is 374 g/mol. The molecule has 0 aromatic heterocycles. The summed E-state index contributed by atoms with van der Waals surface area (Å²) in [4.78, 5) is 23.7. The van der Waals surface area contributed by atoms with Gasteiger partial charge in [-0.1, -0.05) is 25.8 Å². The molecule has 0 saturated heterocycles. The first-order valence-electron chi connectivity index (χ1n) is 8.65. The van der Waals surface area contributed by atoms with Crippen LogP contribution in [0.2, 0.25) is 0 Å². The highest BCUT2D eigenvalue weighted by molar-refractivity contribution is 5.91. The van der Waals surface area contributed by atoms with Crippen LogP contribution < -0.4 is 9.47 Å². The average Bonchev–Trinajstić information content (AvgIpc) is 2.65. The van der Waals surface area contributed by atoms with Crippen molar-refractivity contribution in [3.63, 3.8) is 0 Å². The second-order valence-electron chi connectivity index (χ2n) is 5.81. The van der Waals surface area contributed by atoms with Crippen molar-refractivity contribution in [1.29, 1.82) is 0 Å². The summed E-state index contributed by atoms with van der Waals surface area (Å²) in [6.45, 7) is 2.11. The van der Waals surface area contributed by atoms with E-state index in [0.717, 1.165) is 43.9 Å². The van der Waals surface area contributed by atoms with Crippen LogP contribution in [0.3, 0.4) is 0 Å². The van der Waals surface area contributed by atoms with Gasteiger partial charge in [0.05, 0.1) is 5.56 Å². The lowest BCUT2D eigenvalue weighted by Gasteiger charge is -2.06. The molecule has 0 saturated carbocycles. The maximum atomic E-state index is 13.1. The molecule has 0 unspecified atom stereocenters. The van der Waals surface area contributed by atoms with Crippen molar-refractivity contribution in [2.75, 3.05) is 0 Å². The molecule has 0 aliphatic rings. The van der Waals surface area contributed by atoms with Crippen molar-refractivity contribution in [2.24, 2.45) is 0 Å². The van der Waals surface area contributed by atoms with Crippen LogP contribution in [0.15, 0.2) is 54.6 Å². The Morgan fingerprint density at radius 1 is 0.926 bits per heavy atom. The van der Waals surface area contributed by atoms with Gasteiger partial charge in [0.15, 0.2) is 11.6 Å². The van der Waals surface area contributed by atoms with Gasteiger partial charge in [0.1, 0.15) is 11.5 Å². The van der Waals surface area contributed by atoms with Gasteiger partial charge in [0.25, 0.3) is 0 Å². The minimum atomic E-state index is -1.11. The molecule has 0 spiro atoms. The van der Waals surface area contributed by atoms with Gasteiger partial charge in [-0.25, -0.2) is 18.4 Å². The van der Waals surface area contributed by atoms with Crippen LogP contribution in [0.25, 0.3) is 0 Å². The molecule has 0 heterocycles. The number of esters is 2. The number of carbonyl (C=O) groups excluding carboxylic acids is 2. The first-order chi connectivity index (χ1) is 13.0. The van der Waals surface area contributed by atoms with Crippen molar-refractivity contribution in [3.8, 4) is 11.5 Å². The number of allylic oxidation sites excluding steroid dienone is 1. The highest BCUT2D eigenvalue weighted by atomic mass is 19.2. The normalized spacial score (nSPS) is 10.8. The Morgan fingerprint density at radius 3 is 2.30 bits per heavy atom. The lowest BCUT2D eigenvalue weighted by Crippen LogP contribution is -2.09.